The summed E-state index contributed by atoms with van der Waals surface area (Å²) in [6, 6.07) is 9.08. The van der Waals surface area contributed by atoms with E-state index in [0.717, 1.165) is 65.7 Å². The van der Waals surface area contributed by atoms with Crippen molar-refractivity contribution in [2.75, 3.05) is 64.1 Å². The Morgan fingerprint density at radius 3 is 2.11 bits per heavy atom. The summed E-state index contributed by atoms with van der Waals surface area (Å²) in [7, 11) is 0. The third kappa shape index (κ3) is 4.83. The van der Waals surface area contributed by atoms with Crippen molar-refractivity contribution in [3.63, 3.8) is 0 Å². The van der Waals surface area contributed by atoms with Gasteiger partial charge in [-0.15, -0.1) is 0 Å². The normalized spacial score (nSPS) is 24.1. The first-order chi connectivity index (χ1) is 13.4. The zero-order chi connectivity index (χ0) is 18.4. The lowest BCUT2D eigenvalue weighted by atomic mass is 9.79. The van der Waals surface area contributed by atoms with Gasteiger partial charge in [0.2, 0.25) is 0 Å². The number of morpholine rings is 2. The van der Waals surface area contributed by atoms with Crippen molar-refractivity contribution in [1.82, 2.24) is 10.2 Å². The van der Waals surface area contributed by atoms with Gasteiger partial charge in [-0.05, 0) is 30.5 Å². The maximum absolute atomic E-state index is 5.60. The lowest BCUT2D eigenvalue weighted by molar-refractivity contribution is -0.0369. The average Bonchev–Trinajstić information content (AvgIpc) is 2.76. The first kappa shape index (κ1) is 19.2. The number of ether oxygens (including phenoxy) is 2. The van der Waals surface area contributed by atoms with Crippen molar-refractivity contribution >= 4 is 5.69 Å². The number of rotatable bonds is 6. The number of benzene rings is 1. The summed E-state index contributed by atoms with van der Waals surface area (Å²) in [6.07, 6.45) is 6.79. The molecule has 0 aromatic heterocycles. The van der Waals surface area contributed by atoms with Gasteiger partial charge in [0.25, 0.3) is 0 Å². The van der Waals surface area contributed by atoms with E-state index in [1.807, 2.05) is 0 Å². The van der Waals surface area contributed by atoms with Gasteiger partial charge in [0.1, 0.15) is 0 Å². The number of nitrogens with one attached hydrogen (secondary N) is 1. The van der Waals surface area contributed by atoms with Crippen molar-refractivity contribution in [2.24, 2.45) is 0 Å². The first-order valence-corrected chi connectivity index (χ1v) is 10.8. The van der Waals surface area contributed by atoms with Crippen LogP contribution in [0.3, 0.4) is 0 Å². The highest BCUT2D eigenvalue weighted by Crippen LogP contribution is 2.34. The third-order valence-corrected chi connectivity index (χ3v) is 6.56. The fraction of sp³-hybridized carbons (Fsp3) is 0.727. The molecule has 0 amide bonds. The molecule has 0 radical (unpaired) electrons. The minimum Gasteiger partial charge on any atom is -0.379 e. The summed E-state index contributed by atoms with van der Waals surface area (Å²) in [6.45, 7) is 9.70. The van der Waals surface area contributed by atoms with Crippen LogP contribution in [0.1, 0.15) is 37.7 Å². The molecule has 1 aromatic carbocycles. The second-order valence-corrected chi connectivity index (χ2v) is 8.25. The highest BCUT2D eigenvalue weighted by molar-refractivity contribution is 5.47. The molecular formula is C22H35N3O2. The van der Waals surface area contributed by atoms with Gasteiger partial charge in [0, 0.05) is 50.5 Å². The second kappa shape index (κ2) is 9.37. The molecule has 5 heteroatoms. The minimum atomic E-state index is 0.343. The highest BCUT2D eigenvalue weighted by atomic mass is 16.5. The Bertz CT molecular complexity index is 559. The van der Waals surface area contributed by atoms with Crippen LogP contribution >= 0.6 is 0 Å². The lowest BCUT2D eigenvalue weighted by Gasteiger charge is -2.48. The van der Waals surface area contributed by atoms with E-state index in [1.54, 1.807) is 0 Å². The Hall–Kier alpha value is -1.14. The summed E-state index contributed by atoms with van der Waals surface area (Å²) >= 11 is 0. The van der Waals surface area contributed by atoms with Crippen LogP contribution < -0.4 is 10.2 Å². The van der Waals surface area contributed by atoms with Crippen LogP contribution in [0.5, 0.6) is 0 Å². The van der Waals surface area contributed by atoms with Gasteiger partial charge in [-0.3, -0.25) is 4.90 Å². The fourth-order valence-electron chi connectivity index (χ4n) is 4.94. The van der Waals surface area contributed by atoms with Crippen LogP contribution in [0.2, 0.25) is 0 Å². The van der Waals surface area contributed by atoms with Gasteiger partial charge in [-0.25, -0.2) is 0 Å². The van der Waals surface area contributed by atoms with E-state index in [-0.39, 0.29) is 0 Å². The van der Waals surface area contributed by atoms with E-state index in [1.165, 1.54) is 43.4 Å². The lowest BCUT2D eigenvalue weighted by Crippen LogP contribution is -2.59. The number of hydrogen-bond acceptors (Lipinski definition) is 5. The molecule has 2 heterocycles. The molecule has 1 aliphatic carbocycles. The monoisotopic (exact) mass is 373 g/mol. The van der Waals surface area contributed by atoms with E-state index in [4.69, 9.17) is 9.47 Å². The van der Waals surface area contributed by atoms with E-state index in [9.17, 15) is 0 Å². The smallest absolute Gasteiger partial charge is 0.0642 e. The van der Waals surface area contributed by atoms with Crippen molar-refractivity contribution < 1.29 is 9.47 Å². The molecule has 0 spiro atoms. The Labute approximate surface area is 164 Å². The summed E-state index contributed by atoms with van der Waals surface area (Å²) in [5, 5.41) is 3.79. The molecule has 5 nitrogen and oxygen atoms in total. The van der Waals surface area contributed by atoms with Crippen molar-refractivity contribution in [3.05, 3.63) is 29.8 Å². The zero-order valence-electron chi connectivity index (χ0n) is 16.6. The molecule has 1 N–H and O–H groups in total. The van der Waals surface area contributed by atoms with E-state index >= 15 is 0 Å². The molecular weight excluding hydrogens is 338 g/mol. The second-order valence-electron chi connectivity index (χ2n) is 8.25. The Morgan fingerprint density at radius 2 is 1.44 bits per heavy atom. The first-order valence-electron chi connectivity index (χ1n) is 10.8. The van der Waals surface area contributed by atoms with Gasteiger partial charge in [0.05, 0.1) is 26.4 Å². The molecule has 0 atom stereocenters. The van der Waals surface area contributed by atoms with E-state index in [0.29, 0.717) is 5.54 Å². The maximum Gasteiger partial charge on any atom is 0.0642 e. The topological polar surface area (TPSA) is 37.0 Å². The largest absolute Gasteiger partial charge is 0.379 e. The Balaban J connectivity index is 1.31. The predicted molar refractivity (Wildman–Crippen MR) is 109 cm³/mol. The van der Waals surface area contributed by atoms with Gasteiger partial charge in [-0.1, -0.05) is 31.4 Å². The van der Waals surface area contributed by atoms with Crippen LogP contribution in [0.25, 0.3) is 0 Å². The quantitative estimate of drug-likeness (QED) is 0.830. The van der Waals surface area contributed by atoms with Crippen molar-refractivity contribution in [1.29, 1.82) is 0 Å². The van der Waals surface area contributed by atoms with Gasteiger partial charge in [-0.2, -0.15) is 0 Å². The fourth-order valence-corrected chi connectivity index (χ4v) is 4.94. The average molecular weight is 374 g/mol. The van der Waals surface area contributed by atoms with E-state index < -0.39 is 0 Å². The number of anilines is 1. The summed E-state index contributed by atoms with van der Waals surface area (Å²) in [4.78, 5) is 5.13. The van der Waals surface area contributed by atoms with Crippen LogP contribution in [-0.2, 0) is 16.0 Å². The molecule has 0 unspecified atom stereocenters. The molecule has 2 saturated heterocycles. The Morgan fingerprint density at radius 1 is 0.815 bits per heavy atom. The van der Waals surface area contributed by atoms with E-state index in [2.05, 4.69) is 39.4 Å². The molecule has 150 valence electrons. The Kier molecular flexibility index (Phi) is 6.66. The van der Waals surface area contributed by atoms with Crippen LogP contribution in [0, 0.1) is 0 Å². The minimum absolute atomic E-state index is 0.343. The predicted octanol–water partition coefficient (Wildman–Crippen LogP) is 2.65. The van der Waals surface area contributed by atoms with Gasteiger partial charge in [0.15, 0.2) is 0 Å². The van der Waals surface area contributed by atoms with Crippen LogP contribution in [0.4, 0.5) is 5.69 Å². The highest BCUT2D eigenvalue weighted by Gasteiger charge is 2.38. The molecule has 0 bridgehead atoms. The number of nitrogens with zero attached hydrogens (tertiary/aromatic N) is 2. The molecule has 27 heavy (non-hydrogen) atoms. The maximum atomic E-state index is 5.60. The van der Waals surface area contributed by atoms with Crippen LogP contribution in [-0.4, -0.2) is 69.6 Å². The van der Waals surface area contributed by atoms with Crippen LogP contribution in [0.15, 0.2) is 24.3 Å². The summed E-state index contributed by atoms with van der Waals surface area (Å²) in [5.74, 6) is 0. The molecule has 1 saturated carbocycles. The molecule has 3 fully saturated rings. The summed E-state index contributed by atoms with van der Waals surface area (Å²) < 4.78 is 11.0. The molecule has 1 aromatic rings. The van der Waals surface area contributed by atoms with Gasteiger partial charge >= 0.3 is 0 Å². The van der Waals surface area contributed by atoms with Crippen molar-refractivity contribution in [3.8, 4) is 0 Å². The molecule has 4 rings (SSSR count). The SMILES string of the molecule is c1cc(N2CCOCC2)ccc1CNCC1(N2CCOCC2)CCCCC1. The van der Waals surface area contributed by atoms with Crippen molar-refractivity contribution in [2.45, 2.75) is 44.2 Å². The standard InChI is InChI=1S/C22H35N3O2/c1-2-8-22(9-3-1,25-12-16-27-17-13-25)19-23-18-20-4-6-21(7-5-20)24-10-14-26-15-11-24/h4-7,23H,1-3,8-19H2. The molecule has 3 aliphatic rings. The third-order valence-electron chi connectivity index (χ3n) is 6.56. The molecule has 2 aliphatic heterocycles. The van der Waals surface area contributed by atoms with Gasteiger partial charge < -0.3 is 19.7 Å². The summed E-state index contributed by atoms with van der Waals surface area (Å²) in [5.41, 5.74) is 3.04. The zero-order valence-corrected chi connectivity index (χ0v) is 16.6. The number of hydrogen-bond donors (Lipinski definition) is 1.